The van der Waals surface area contributed by atoms with Crippen LogP contribution in [0.4, 0.5) is 0 Å². The zero-order chi connectivity index (χ0) is 12.1. The second-order valence-electron chi connectivity index (χ2n) is 6.42. The van der Waals surface area contributed by atoms with Crippen molar-refractivity contribution in [3.8, 4) is 0 Å². The minimum absolute atomic E-state index is 0.299. The molecule has 1 saturated carbocycles. The average molecular weight is 239 g/mol. The van der Waals surface area contributed by atoms with Gasteiger partial charge in [-0.2, -0.15) is 0 Å². The third-order valence-corrected chi connectivity index (χ3v) is 4.40. The summed E-state index contributed by atoms with van der Waals surface area (Å²) in [5.41, 5.74) is 0.299. The van der Waals surface area contributed by atoms with E-state index in [1.165, 1.54) is 57.9 Å². The molecular weight excluding hydrogens is 210 g/mol. The first-order valence-electron chi connectivity index (χ1n) is 7.58. The van der Waals surface area contributed by atoms with Gasteiger partial charge in [0.25, 0.3) is 0 Å². The number of nitrogens with one attached hydrogen (secondary N) is 1. The maximum Gasteiger partial charge on any atom is 0.0697 e. The summed E-state index contributed by atoms with van der Waals surface area (Å²) in [6.07, 6.45) is 10.5. The van der Waals surface area contributed by atoms with Crippen molar-refractivity contribution in [1.29, 1.82) is 0 Å². The van der Waals surface area contributed by atoms with E-state index in [1.54, 1.807) is 0 Å². The van der Waals surface area contributed by atoms with E-state index in [0.29, 0.717) is 5.60 Å². The van der Waals surface area contributed by atoms with Gasteiger partial charge in [0.15, 0.2) is 0 Å². The van der Waals surface area contributed by atoms with Gasteiger partial charge in [-0.1, -0.05) is 26.7 Å². The largest absolute Gasteiger partial charge is 0.375 e. The standard InChI is InChI=1S/C15H29NO/c1-13(2)6-3-4-10-16-14-7-11-17-15(12-14)8-5-9-15/h13-14,16H,3-12H2,1-2H3. The third-order valence-electron chi connectivity index (χ3n) is 4.40. The van der Waals surface area contributed by atoms with Gasteiger partial charge in [0.05, 0.1) is 5.60 Å². The summed E-state index contributed by atoms with van der Waals surface area (Å²) >= 11 is 0. The van der Waals surface area contributed by atoms with Gasteiger partial charge in [-0.3, -0.25) is 0 Å². The third kappa shape index (κ3) is 3.96. The Morgan fingerprint density at radius 3 is 2.76 bits per heavy atom. The quantitative estimate of drug-likeness (QED) is 0.716. The van der Waals surface area contributed by atoms with E-state index >= 15 is 0 Å². The molecule has 2 nitrogen and oxygen atoms in total. The molecule has 1 heterocycles. The molecule has 0 radical (unpaired) electrons. The van der Waals surface area contributed by atoms with Gasteiger partial charge in [-0.25, -0.2) is 0 Å². The average Bonchev–Trinajstić information content (AvgIpc) is 2.26. The highest BCUT2D eigenvalue weighted by Crippen LogP contribution is 2.42. The van der Waals surface area contributed by atoms with Crippen LogP contribution in [0, 0.1) is 5.92 Å². The van der Waals surface area contributed by atoms with Crippen LogP contribution in [-0.4, -0.2) is 24.8 Å². The highest BCUT2D eigenvalue weighted by Gasteiger charge is 2.42. The molecule has 1 aliphatic carbocycles. The van der Waals surface area contributed by atoms with Crippen molar-refractivity contribution in [3.63, 3.8) is 0 Å². The Balaban J connectivity index is 1.56. The number of hydrogen-bond acceptors (Lipinski definition) is 2. The van der Waals surface area contributed by atoms with Crippen LogP contribution in [0.15, 0.2) is 0 Å². The molecule has 2 heteroatoms. The lowest BCUT2D eigenvalue weighted by Crippen LogP contribution is -2.51. The van der Waals surface area contributed by atoms with Crippen LogP contribution in [0.3, 0.4) is 0 Å². The maximum atomic E-state index is 5.95. The fourth-order valence-electron chi connectivity index (χ4n) is 3.11. The first-order chi connectivity index (χ1) is 8.20. The van der Waals surface area contributed by atoms with Crippen LogP contribution in [-0.2, 0) is 4.74 Å². The number of hydrogen-bond donors (Lipinski definition) is 1. The molecule has 1 unspecified atom stereocenters. The lowest BCUT2D eigenvalue weighted by molar-refractivity contribution is -0.135. The van der Waals surface area contributed by atoms with Gasteiger partial charge in [-0.05, 0) is 51.0 Å². The van der Waals surface area contributed by atoms with Gasteiger partial charge in [-0.15, -0.1) is 0 Å². The van der Waals surface area contributed by atoms with Crippen LogP contribution < -0.4 is 5.32 Å². The van der Waals surface area contributed by atoms with E-state index in [-0.39, 0.29) is 0 Å². The Morgan fingerprint density at radius 1 is 1.29 bits per heavy atom. The highest BCUT2D eigenvalue weighted by molar-refractivity contribution is 4.95. The molecule has 1 saturated heterocycles. The minimum atomic E-state index is 0.299. The summed E-state index contributed by atoms with van der Waals surface area (Å²) in [6.45, 7) is 6.80. The lowest BCUT2D eigenvalue weighted by atomic mass is 9.74. The van der Waals surface area contributed by atoms with E-state index in [4.69, 9.17) is 4.74 Å². The SMILES string of the molecule is CC(C)CCCCNC1CCOC2(CCC2)C1. The van der Waals surface area contributed by atoms with Crippen LogP contribution in [0.25, 0.3) is 0 Å². The number of ether oxygens (including phenoxy) is 1. The van der Waals surface area contributed by atoms with Crippen LogP contribution >= 0.6 is 0 Å². The monoisotopic (exact) mass is 239 g/mol. The Kier molecular flexibility index (Phi) is 4.87. The highest BCUT2D eigenvalue weighted by atomic mass is 16.5. The fourth-order valence-corrected chi connectivity index (χ4v) is 3.11. The molecule has 0 bridgehead atoms. The van der Waals surface area contributed by atoms with Crippen molar-refractivity contribution in [3.05, 3.63) is 0 Å². The summed E-state index contributed by atoms with van der Waals surface area (Å²) in [6, 6.07) is 0.725. The molecule has 0 aromatic rings. The van der Waals surface area contributed by atoms with Crippen molar-refractivity contribution >= 4 is 0 Å². The van der Waals surface area contributed by atoms with Gasteiger partial charge in [0.2, 0.25) is 0 Å². The first-order valence-corrected chi connectivity index (χ1v) is 7.58. The number of unbranched alkanes of at least 4 members (excludes halogenated alkanes) is 1. The molecule has 2 aliphatic rings. The van der Waals surface area contributed by atoms with E-state index in [2.05, 4.69) is 19.2 Å². The first kappa shape index (κ1) is 13.4. The van der Waals surface area contributed by atoms with E-state index < -0.39 is 0 Å². The molecule has 1 aliphatic heterocycles. The molecule has 2 rings (SSSR count). The van der Waals surface area contributed by atoms with E-state index in [1.807, 2.05) is 0 Å². The van der Waals surface area contributed by atoms with Crippen molar-refractivity contribution in [2.24, 2.45) is 5.92 Å². The topological polar surface area (TPSA) is 21.3 Å². The van der Waals surface area contributed by atoms with Gasteiger partial charge in [0, 0.05) is 12.6 Å². The van der Waals surface area contributed by atoms with Crippen molar-refractivity contribution in [2.45, 2.75) is 76.9 Å². The van der Waals surface area contributed by atoms with Crippen molar-refractivity contribution in [2.75, 3.05) is 13.2 Å². The summed E-state index contributed by atoms with van der Waals surface area (Å²) in [5, 5.41) is 3.74. The molecule has 100 valence electrons. The van der Waals surface area contributed by atoms with Crippen LogP contribution in [0.1, 0.15) is 65.2 Å². The Labute approximate surface area is 107 Å². The molecule has 2 fully saturated rings. The molecule has 1 N–H and O–H groups in total. The molecule has 1 spiro atoms. The smallest absolute Gasteiger partial charge is 0.0697 e. The molecule has 1 atom stereocenters. The van der Waals surface area contributed by atoms with Gasteiger partial charge >= 0.3 is 0 Å². The molecule has 0 amide bonds. The second kappa shape index (κ2) is 6.19. The lowest BCUT2D eigenvalue weighted by Gasteiger charge is -2.47. The van der Waals surface area contributed by atoms with E-state index in [9.17, 15) is 0 Å². The van der Waals surface area contributed by atoms with Crippen molar-refractivity contribution in [1.82, 2.24) is 5.32 Å². The summed E-state index contributed by atoms with van der Waals surface area (Å²) < 4.78 is 5.95. The van der Waals surface area contributed by atoms with Crippen LogP contribution in [0.5, 0.6) is 0 Å². The summed E-state index contributed by atoms with van der Waals surface area (Å²) in [4.78, 5) is 0. The second-order valence-corrected chi connectivity index (χ2v) is 6.42. The summed E-state index contributed by atoms with van der Waals surface area (Å²) in [5.74, 6) is 0.858. The normalized spacial score (nSPS) is 27.4. The predicted octanol–water partition coefficient (Wildman–Crippen LogP) is 3.50. The Bertz CT molecular complexity index is 223. The summed E-state index contributed by atoms with van der Waals surface area (Å²) in [7, 11) is 0. The van der Waals surface area contributed by atoms with Crippen molar-refractivity contribution < 1.29 is 4.74 Å². The zero-order valence-electron chi connectivity index (χ0n) is 11.6. The minimum Gasteiger partial charge on any atom is -0.375 e. The van der Waals surface area contributed by atoms with Gasteiger partial charge < -0.3 is 10.1 Å². The van der Waals surface area contributed by atoms with E-state index in [0.717, 1.165) is 18.6 Å². The zero-order valence-corrected chi connectivity index (χ0v) is 11.6. The molecular formula is C15H29NO. The fraction of sp³-hybridized carbons (Fsp3) is 1.00. The van der Waals surface area contributed by atoms with Crippen LogP contribution in [0.2, 0.25) is 0 Å². The number of rotatable bonds is 6. The maximum absolute atomic E-state index is 5.95. The Morgan fingerprint density at radius 2 is 2.12 bits per heavy atom. The molecule has 0 aromatic carbocycles. The predicted molar refractivity (Wildman–Crippen MR) is 72.2 cm³/mol. The Hall–Kier alpha value is -0.0800. The molecule has 17 heavy (non-hydrogen) atoms. The molecule has 0 aromatic heterocycles. The van der Waals surface area contributed by atoms with Gasteiger partial charge in [0.1, 0.15) is 0 Å².